The van der Waals surface area contributed by atoms with Gasteiger partial charge >= 0.3 is 0 Å². The number of ether oxygens (including phenoxy) is 1. The lowest BCUT2D eigenvalue weighted by Crippen LogP contribution is -2.46. The molecule has 5 nitrogen and oxygen atoms in total. The highest BCUT2D eigenvalue weighted by Crippen LogP contribution is 2.31. The van der Waals surface area contributed by atoms with Crippen LogP contribution in [0.25, 0.3) is 10.8 Å². The molecule has 1 saturated heterocycles. The van der Waals surface area contributed by atoms with E-state index in [9.17, 15) is 4.21 Å². The first-order valence-electron chi connectivity index (χ1n) is 6.99. The summed E-state index contributed by atoms with van der Waals surface area (Å²) in [4.78, 5) is 4.94. The van der Waals surface area contributed by atoms with Crippen LogP contribution >= 0.6 is 0 Å². The van der Waals surface area contributed by atoms with Gasteiger partial charge in [0.2, 0.25) is 0 Å². The molecule has 0 aliphatic carbocycles. The standard InChI is InChI=1S/C15H19N3O2S/c1-11-6-17-10-18(9-11)21(19)14-5-3-4-12-7-16-8-13(20-2)15(12)14/h3-5,7-8,11,17H,6,9-10H2,1-2H3. The van der Waals surface area contributed by atoms with Crippen molar-refractivity contribution < 1.29 is 8.95 Å². The molecule has 0 saturated carbocycles. The summed E-state index contributed by atoms with van der Waals surface area (Å²) < 4.78 is 20.3. The van der Waals surface area contributed by atoms with E-state index >= 15 is 0 Å². The van der Waals surface area contributed by atoms with Crippen LogP contribution in [0.4, 0.5) is 0 Å². The fraction of sp³-hybridized carbons (Fsp3) is 0.400. The maximum atomic E-state index is 12.9. The quantitative estimate of drug-likeness (QED) is 0.939. The molecule has 2 aromatic rings. The largest absolute Gasteiger partial charge is 0.494 e. The number of aromatic nitrogens is 1. The summed E-state index contributed by atoms with van der Waals surface area (Å²) in [5, 5.41) is 5.13. The number of pyridine rings is 1. The predicted molar refractivity (Wildman–Crippen MR) is 83.4 cm³/mol. The summed E-state index contributed by atoms with van der Waals surface area (Å²) in [6.45, 7) is 4.59. The highest BCUT2D eigenvalue weighted by molar-refractivity contribution is 7.83. The zero-order chi connectivity index (χ0) is 14.8. The van der Waals surface area contributed by atoms with Gasteiger partial charge < -0.3 is 10.1 Å². The third-order valence-electron chi connectivity index (χ3n) is 3.65. The minimum Gasteiger partial charge on any atom is -0.494 e. The first kappa shape index (κ1) is 14.4. The molecule has 1 aromatic heterocycles. The molecule has 112 valence electrons. The number of benzene rings is 1. The Bertz CT molecular complexity index is 672. The number of nitrogens with one attached hydrogen (secondary N) is 1. The van der Waals surface area contributed by atoms with Crippen LogP contribution in [-0.4, -0.2) is 40.4 Å². The molecule has 1 fully saturated rings. The first-order chi connectivity index (χ1) is 10.2. The van der Waals surface area contributed by atoms with Gasteiger partial charge in [-0.05, 0) is 12.0 Å². The van der Waals surface area contributed by atoms with E-state index in [1.54, 1.807) is 19.5 Å². The highest BCUT2D eigenvalue weighted by atomic mass is 32.2. The smallest absolute Gasteiger partial charge is 0.146 e. The van der Waals surface area contributed by atoms with Crippen LogP contribution in [0, 0.1) is 5.92 Å². The number of hydrogen-bond acceptors (Lipinski definition) is 4. The summed E-state index contributed by atoms with van der Waals surface area (Å²) in [5.41, 5.74) is 0. The van der Waals surface area contributed by atoms with Gasteiger partial charge in [0.25, 0.3) is 0 Å². The molecule has 0 spiro atoms. The van der Waals surface area contributed by atoms with Crippen LogP contribution in [0.2, 0.25) is 0 Å². The lowest BCUT2D eigenvalue weighted by atomic mass is 10.1. The van der Waals surface area contributed by atoms with Gasteiger partial charge in [0.05, 0.1) is 24.9 Å². The number of hydrogen-bond donors (Lipinski definition) is 1. The highest BCUT2D eigenvalue weighted by Gasteiger charge is 2.23. The molecule has 1 aliphatic rings. The number of methoxy groups -OCH3 is 1. The van der Waals surface area contributed by atoms with Gasteiger partial charge in [-0.15, -0.1) is 0 Å². The van der Waals surface area contributed by atoms with E-state index in [0.29, 0.717) is 18.3 Å². The van der Waals surface area contributed by atoms with Crippen LogP contribution in [0.3, 0.4) is 0 Å². The predicted octanol–water partition coefficient (Wildman–Crippen LogP) is 1.76. The summed E-state index contributed by atoms with van der Waals surface area (Å²) in [7, 11) is 0.398. The molecule has 0 radical (unpaired) electrons. The van der Waals surface area contributed by atoms with E-state index in [1.165, 1.54) is 0 Å². The fourth-order valence-electron chi connectivity index (χ4n) is 2.65. The van der Waals surface area contributed by atoms with E-state index in [-0.39, 0.29) is 0 Å². The maximum absolute atomic E-state index is 12.9. The molecule has 0 amide bonds. The summed E-state index contributed by atoms with van der Waals surface area (Å²) in [6, 6.07) is 5.78. The Hall–Kier alpha value is -1.50. The Labute approximate surface area is 126 Å². The molecule has 2 heterocycles. The van der Waals surface area contributed by atoms with Crippen molar-refractivity contribution in [3.63, 3.8) is 0 Å². The van der Waals surface area contributed by atoms with E-state index in [4.69, 9.17) is 4.74 Å². The summed E-state index contributed by atoms with van der Waals surface area (Å²) in [5.74, 6) is 1.15. The summed E-state index contributed by atoms with van der Waals surface area (Å²) >= 11 is 0. The number of nitrogens with zero attached hydrogens (tertiary/aromatic N) is 2. The second-order valence-corrected chi connectivity index (χ2v) is 6.78. The van der Waals surface area contributed by atoms with Gasteiger partial charge in [0.1, 0.15) is 16.7 Å². The average molecular weight is 305 g/mol. The van der Waals surface area contributed by atoms with Crippen LogP contribution in [0.15, 0.2) is 35.5 Å². The number of rotatable bonds is 3. The van der Waals surface area contributed by atoms with Gasteiger partial charge in [-0.3, -0.25) is 4.98 Å². The van der Waals surface area contributed by atoms with Crippen LogP contribution in [0.5, 0.6) is 5.75 Å². The zero-order valence-corrected chi connectivity index (χ0v) is 13.0. The normalized spacial score (nSPS) is 21.3. The van der Waals surface area contributed by atoms with Crippen molar-refractivity contribution in [2.75, 3.05) is 26.9 Å². The lowest BCUT2D eigenvalue weighted by molar-refractivity contribution is 0.283. The number of fused-ring (bicyclic) bond motifs is 1. The monoisotopic (exact) mass is 305 g/mol. The van der Waals surface area contributed by atoms with Crippen LogP contribution in [-0.2, 0) is 11.0 Å². The van der Waals surface area contributed by atoms with E-state index in [2.05, 4.69) is 17.2 Å². The molecule has 21 heavy (non-hydrogen) atoms. The molecular formula is C15H19N3O2S. The van der Waals surface area contributed by atoms with Crippen molar-refractivity contribution in [3.8, 4) is 5.75 Å². The van der Waals surface area contributed by atoms with E-state index in [0.717, 1.165) is 28.8 Å². The molecule has 2 unspecified atom stereocenters. The molecule has 0 bridgehead atoms. The molecule has 1 aromatic carbocycles. The molecule has 3 rings (SSSR count). The fourth-order valence-corrected chi connectivity index (χ4v) is 4.11. The average Bonchev–Trinajstić information content (AvgIpc) is 2.53. The molecule has 6 heteroatoms. The molecule has 2 atom stereocenters. The minimum absolute atomic E-state index is 0.487. The van der Waals surface area contributed by atoms with Crippen LogP contribution < -0.4 is 10.1 Å². The van der Waals surface area contributed by atoms with Crippen molar-refractivity contribution in [1.82, 2.24) is 14.6 Å². The Morgan fingerprint density at radius 3 is 3.05 bits per heavy atom. The van der Waals surface area contributed by atoms with E-state index in [1.807, 2.05) is 22.5 Å². The SMILES string of the molecule is COc1cncc2cccc(S(=O)N3CNCC(C)C3)c12. The molecule has 1 N–H and O–H groups in total. The Balaban J connectivity index is 2.05. The molecular weight excluding hydrogens is 286 g/mol. The second kappa shape index (κ2) is 6.09. The maximum Gasteiger partial charge on any atom is 0.146 e. The van der Waals surface area contributed by atoms with Crippen molar-refractivity contribution in [3.05, 3.63) is 30.6 Å². The minimum atomic E-state index is -1.21. The van der Waals surface area contributed by atoms with Gasteiger partial charge in [-0.2, -0.15) is 0 Å². The lowest BCUT2D eigenvalue weighted by Gasteiger charge is -2.30. The second-order valence-electron chi connectivity index (χ2n) is 5.33. The van der Waals surface area contributed by atoms with Crippen molar-refractivity contribution in [1.29, 1.82) is 0 Å². The topological polar surface area (TPSA) is 54.5 Å². The van der Waals surface area contributed by atoms with Crippen molar-refractivity contribution in [2.45, 2.75) is 11.8 Å². The Morgan fingerprint density at radius 2 is 2.29 bits per heavy atom. The van der Waals surface area contributed by atoms with Gasteiger partial charge in [0, 0.05) is 30.1 Å². The first-order valence-corrected chi connectivity index (χ1v) is 8.09. The van der Waals surface area contributed by atoms with E-state index < -0.39 is 11.0 Å². The Kier molecular flexibility index (Phi) is 4.19. The third kappa shape index (κ3) is 2.79. The van der Waals surface area contributed by atoms with Crippen molar-refractivity contribution >= 4 is 21.8 Å². The van der Waals surface area contributed by atoms with Crippen molar-refractivity contribution in [2.24, 2.45) is 5.92 Å². The van der Waals surface area contributed by atoms with Gasteiger partial charge in [-0.1, -0.05) is 19.1 Å². The summed E-state index contributed by atoms with van der Waals surface area (Å²) in [6.07, 6.45) is 3.44. The van der Waals surface area contributed by atoms with Gasteiger partial charge in [0.15, 0.2) is 0 Å². The van der Waals surface area contributed by atoms with Gasteiger partial charge in [-0.25, -0.2) is 8.51 Å². The molecule has 1 aliphatic heterocycles. The third-order valence-corrected chi connectivity index (χ3v) is 5.11. The Morgan fingerprint density at radius 1 is 1.43 bits per heavy atom. The van der Waals surface area contributed by atoms with Crippen LogP contribution in [0.1, 0.15) is 6.92 Å². The zero-order valence-electron chi connectivity index (χ0n) is 12.2.